The monoisotopic (exact) mass is 348 g/mol. The van der Waals surface area contributed by atoms with Gasteiger partial charge in [0.15, 0.2) is 0 Å². The van der Waals surface area contributed by atoms with E-state index in [1.165, 1.54) is 0 Å². The molecule has 0 aromatic carbocycles. The van der Waals surface area contributed by atoms with Crippen molar-refractivity contribution in [1.82, 2.24) is 0 Å². The molecule has 39 valence electrons. The van der Waals surface area contributed by atoms with Crippen LogP contribution >= 0.6 is 40.0 Å². The first kappa shape index (κ1) is 10.9. The molecule has 0 aliphatic rings. The van der Waals surface area contributed by atoms with Crippen molar-refractivity contribution < 1.29 is 9.47 Å². The van der Waals surface area contributed by atoms with E-state index >= 15 is 0 Å². The van der Waals surface area contributed by atoms with Gasteiger partial charge in [0.25, 0.3) is 0 Å². The van der Waals surface area contributed by atoms with Gasteiger partial charge in [-0.25, -0.2) is 0 Å². The first-order valence-corrected chi connectivity index (χ1v) is 10.6. The van der Waals surface area contributed by atoms with Crippen molar-refractivity contribution in [3.63, 3.8) is 0 Å². The van der Waals surface area contributed by atoms with Gasteiger partial charge in [-0.2, -0.15) is 6.42 Å². The Bertz CT molecular complexity index is 10.8. The number of rotatable bonds is 0. The van der Waals surface area contributed by atoms with Crippen LogP contribution in [0.25, 0.3) is 0 Å². The molecule has 0 fully saturated rings. The number of hydrogen-bond donors (Lipinski definition) is 0. The third-order valence-corrected chi connectivity index (χ3v) is 0. The quantitative estimate of drug-likeness (QED) is 0.467. The maximum absolute atomic E-state index is 3.49. The van der Waals surface area contributed by atoms with Gasteiger partial charge in [0, 0.05) is 0 Å². The number of halogens is 2. The van der Waals surface area contributed by atoms with Crippen LogP contribution in [0.4, 0.5) is 0 Å². The molecule has 0 heterocycles. The summed E-state index contributed by atoms with van der Waals surface area (Å²) >= 11 is 4.74. The molecule has 0 aliphatic carbocycles. The molecular formula is C3H7I2V-. The van der Waals surface area contributed by atoms with E-state index < -0.39 is 0 Å². The van der Waals surface area contributed by atoms with Gasteiger partial charge in [0.2, 0.25) is 0 Å². The minimum atomic E-state index is 0.628. The van der Waals surface area contributed by atoms with Crippen LogP contribution in [-0.2, 0) is 9.47 Å². The Labute approximate surface area is 68.7 Å². The van der Waals surface area contributed by atoms with Crippen LogP contribution in [0.1, 0.15) is 13.3 Å². The fourth-order valence-electron chi connectivity index (χ4n) is 0. The Balaban J connectivity index is 0. The predicted octanol–water partition coefficient (Wildman–Crippen LogP) is 3.00. The van der Waals surface area contributed by atoms with Crippen molar-refractivity contribution in [1.29, 1.82) is 0 Å². The molecule has 0 spiro atoms. The molecule has 3 heteroatoms. The van der Waals surface area contributed by atoms with Gasteiger partial charge in [0.1, 0.15) is 0 Å². The van der Waals surface area contributed by atoms with E-state index in [1.54, 1.807) is 0 Å². The average Bonchev–Trinajstić information content (AvgIpc) is 1.39. The van der Waals surface area contributed by atoms with Crippen LogP contribution in [0.5, 0.6) is 0 Å². The molecule has 0 unspecified atom stereocenters. The molecule has 0 radical (unpaired) electrons. The van der Waals surface area contributed by atoms with E-state index in [2.05, 4.69) is 46.9 Å². The van der Waals surface area contributed by atoms with Crippen LogP contribution in [0, 0.1) is 6.92 Å². The summed E-state index contributed by atoms with van der Waals surface area (Å²) in [5.74, 6) is 0. The fraction of sp³-hybridized carbons (Fsp3) is 0.667. The first-order valence-electron chi connectivity index (χ1n) is 1.55. The Morgan fingerprint density at radius 3 is 1.67 bits per heavy atom. The van der Waals surface area contributed by atoms with E-state index in [1.807, 2.05) is 6.92 Å². The minimum absolute atomic E-state index is 0.628. The van der Waals surface area contributed by atoms with Crippen LogP contribution < -0.4 is 0 Å². The van der Waals surface area contributed by atoms with Crippen LogP contribution in [-0.4, -0.2) is 0 Å². The van der Waals surface area contributed by atoms with E-state index in [4.69, 9.17) is 0 Å². The second kappa shape index (κ2) is 15.7. The SMILES string of the molecule is [CH2-]CC.[I][V][I]. The molecular weight excluding hydrogens is 341 g/mol. The summed E-state index contributed by atoms with van der Waals surface area (Å²) in [6, 6.07) is 0. The third kappa shape index (κ3) is 36.8. The van der Waals surface area contributed by atoms with Crippen molar-refractivity contribution in [2.75, 3.05) is 0 Å². The summed E-state index contributed by atoms with van der Waals surface area (Å²) < 4.78 is 0. The van der Waals surface area contributed by atoms with E-state index in [0.717, 1.165) is 6.42 Å². The standard InChI is InChI=1S/C3H7.2HI.V/c1-3-2;;;/h1,3H2,2H3;2*1H;/q-1;;;+2/p-2. The summed E-state index contributed by atoms with van der Waals surface area (Å²) in [7, 11) is 0.628. The molecule has 0 amide bonds. The molecule has 0 atom stereocenters. The predicted molar refractivity (Wildman–Crippen MR) is 43.7 cm³/mol. The zero-order valence-electron chi connectivity index (χ0n) is 3.62. The van der Waals surface area contributed by atoms with Gasteiger partial charge >= 0.3 is 49.4 Å². The Kier molecular flexibility index (Phi) is 28.7. The van der Waals surface area contributed by atoms with Gasteiger partial charge in [-0.1, -0.05) is 6.92 Å². The van der Waals surface area contributed by atoms with Crippen LogP contribution in [0.15, 0.2) is 0 Å². The number of hydrogen-bond acceptors (Lipinski definition) is 0. The molecule has 0 bridgehead atoms. The Hall–Kier alpha value is 2.04. The van der Waals surface area contributed by atoms with Crippen molar-refractivity contribution in [2.24, 2.45) is 0 Å². The van der Waals surface area contributed by atoms with Crippen molar-refractivity contribution >= 4 is 40.0 Å². The Morgan fingerprint density at radius 2 is 1.67 bits per heavy atom. The molecule has 0 saturated carbocycles. The van der Waals surface area contributed by atoms with Crippen molar-refractivity contribution in [3.8, 4) is 0 Å². The van der Waals surface area contributed by atoms with Gasteiger partial charge in [-0.15, -0.1) is 0 Å². The molecule has 0 aromatic rings. The summed E-state index contributed by atoms with van der Waals surface area (Å²) in [5.41, 5.74) is 0. The molecule has 0 aromatic heterocycles. The normalized spacial score (nSPS) is 5.33. The molecule has 0 rings (SSSR count). The van der Waals surface area contributed by atoms with Gasteiger partial charge in [-0.3, -0.25) is 0 Å². The molecule has 0 aliphatic heterocycles. The third-order valence-electron chi connectivity index (χ3n) is 0. The van der Waals surface area contributed by atoms with Gasteiger partial charge in [-0.05, 0) is 0 Å². The van der Waals surface area contributed by atoms with Crippen molar-refractivity contribution in [3.05, 3.63) is 6.92 Å². The maximum atomic E-state index is 3.49. The average molecular weight is 348 g/mol. The van der Waals surface area contributed by atoms with E-state index in [0.29, 0.717) is 9.47 Å². The summed E-state index contributed by atoms with van der Waals surface area (Å²) in [4.78, 5) is 0. The molecule has 6 heavy (non-hydrogen) atoms. The zero-order chi connectivity index (χ0) is 5.41. The van der Waals surface area contributed by atoms with Crippen LogP contribution in [0.3, 0.4) is 0 Å². The molecule has 0 N–H and O–H groups in total. The Morgan fingerprint density at radius 1 is 1.67 bits per heavy atom. The first-order chi connectivity index (χ1) is 2.83. The summed E-state index contributed by atoms with van der Waals surface area (Å²) in [6.45, 7) is 5.50. The second-order valence-electron chi connectivity index (χ2n) is 0.564. The van der Waals surface area contributed by atoms with Crippen LogP contribution in [0.2, 0.25) is 0 Å². The topological polar surface area (TPSA) is 0 Å². The second-order valence-corrected chi connectivity index (χ2v) is 12.4. The summed E-state index contributed by atoms with van der Waals surface area (Å²) in [5, 5.41) is 0. The van der Waals surface area contributed by atoms with Gasteiger partial charge in [0.05, 0.1) is 0 Å². The van der Waals surface area contributed by atoms with E-state index in [-0.39, 0.29) is 0 Å². The van der Waals surface area contributed by atoms with Crippen molar-refractivity contribution in [2.45, 2.75) is 13.3 Å². The van der Waals surface area contributed by atoms with E-state index in [9.17, 15) is 0 Å². The fourth-order valence-corrected chi connectivity index (χ4v) is 0. The molecule has 0 saturated heterocycles. The molecule has 0 nitrogen and oxygen atoms in total. The van der Waals surface area contributed by atoms with Gasteiger partial charge < -0.3 is 6.92 Å². The zero-order valence-corrected chi connectivity index (χ0v) is 9.33. The summed E-state index contributed by atoms with van der Waals surface area (Å²) in [6.07, 6.45) is 1.00.